The summed E-state index contributed by atoms with van der Waals surface area (Å²) < 4.78 is 0. The Balaban J connectivity index is 1.87. The molecule has 122 valence electrons. The molecule has 6 heteroatoms. The molecular weight excluding hydrogens is 302 g/mol. The lowest BCUT2D eigenvalue weighted by atomic mass is 10.2. The van der Waals surface area contributed by atoms with Crippen LogP contribution in [0.25, 0.3) is 0 Å². The zero-order chi connectivity index (χ0) is 15.9. The van der Waals surface area contributed by atoms with E-state index < -0.39 is 0 Å². The fourth-order valence-corrected chi connectivity index (χ4v) is 2.86. The Kier molecular flexibility index (Phi) is 6.34. The number of amides is 2. The molecule has 1 fully saturated rings. The van der Waals surface area contributed by atoms with Crippen molar-refractivity contribution >= 4 is 23.3 Å². The van der Waals surface area contributed by atoms with Crippen molar-refractivity contribution in [2.24, 2.45) is 0 Å². The quantitative estimate of drug-likeness (QED) is 0.844. The van der Waals surface area contributed by atoms with E-state index in [1.165, 1.54) is 0 Å². The number of nitrogens with one attached hydrogen (secondary N) is 1. The molecule has 1 aliphatic rings. The Morgan fingerprint density at radius 2 is 2.14 bits per heavy atom. The fourth-order valence-electron chi connectivity index (χ4n) is 2.74. The van der Waals surface area contributed by atoms with E-state index in [2.05, 4.69) is 10.2 Å². The second-order valence-corrected chi connectivity index (χ2v) is 6.00. The highest BCUT2D eigenvalue weighted by atomic mass is 35.5. The van der Waals surface area contributed by atoms with Gasteiger partial charge in [0.2, 0.25) is 0 Å². The molecule has 2 N–H and O–H groups in total. The van der Waals surface area contributed by atoms with Gasteiger partial charge in [0.15, 0.2) is 0 Å². The van der Waals surface area contributed by atoms with E-state index in [9.17, 15) is 4.79 Å². The monoisotopic (exact) mass is 325 g/mol. The third-order valence-electron chi connectivity index (χ3n) is 3.86. The van der Waals surface area contributed by atoms with Crippen LogP contribution in [0.2, 0.25) is 5.02 Å². The Hall–Kier alpha value is -1.46. The van der Waals surface area contributed by atoms with Crippen molar-refractivity contribution < 1.29 is 9.90 Å². The lowest BCUT2D eigenvalue weighted by Gasteiger charge is -2.24. The number of carbonyl (C=O) groups is 1. The molecule has 0 radical (unpaired) electrons. The summed E-state index contributed by atoms with van der Waals surface area (Å²) in [5.41, 5.74) is 1.13. The topological polar surface area (TPSA) is 55.8 Å². The average Bonchev–Trinajstić information content (AvgIpc) is 2.96. The second-order valence-electron chi connectivity index (χ2n) is 5.57. The highest BCUT2D eigenvalue weighted by Crippen LogP contribution is 2.22. The first-order chi connectivity index (χ1) is 10.6. The van der Waals surface area contributed by atoms with Crippen LogP contribution in [0.4, 0.5) is 10.5 Å². The van der Waals surface area contributed by atoms with Crippen molar-refractivity contribution in [1.82, 2.24) is 10.2 Å². The van der Waals surface area contributed by atoms with Gasteiger partial charge in [0.05, 0.1) is 6.61 Å². The number of carbonyl (C=O) groups excluding carboxylic acids is 1. The third kappa shape index (κ3) is 4.52. The van der Waals surface area contributed by atoms with Crippen LogP contribution in [0.15, 0.2) is 24.3 Å². The summed E-state index contributed by atoms with van der Waals surface area (Å²) in [5.74, 6) is 0. The van der Waals surface area contributed by atoms with Gasteiger partial charge in [-0.15, -0.1) is 0 Å². The normalized spacial score (nSPS) is 17.6. The Bertz CT molecular complexity index is 475. The number of benzene rings is 1. The summed E-state index contributed by atoms with van der Waals surface area (Å²) >= 11 is 5.91. The first-order valence-corrected chi connectivity index (χ1v) is 8.18. The molecule has 2 amide bonds. The maximum Gasteiger partial charge on any atom is 0.317 e. The lowest BCUT2D eigenvalue weighted by molar-refractivity contribution is 0.174. The Morgan fingerprint density at radius 1 is 1.41 bits per heavy atom. The number of halogens is 1. The molecule has 5 nitrogen and oxygen atoms in total. The molecule has 1 aromatic carbocycles. The SMILES string of the molecule is CCCN(CCO)C(=O)NC1CCN(c2ccc(Cl)cc2)C1. The number of rotatable bonds is 6. The molecule has 1 atom stereocenters. The maximum atomic E-state index is 12.2. The first kappa shape index (κ1) is 16.9. The van der Waals surface area contributed by atoms with E-state index in [0.717, 1.165) is 36.6 Å². The molecule has 0 bridgehead atoms. The van der Waals surface area contributed by atoms with Crippen molar-refractivity contribution in [3.63, 3.8) is 0 Å². The van der Waals surface area contributed by atoms with Crippen molar-refractivity contribution in [2.45, 2.75) is 25.8 Å². The fraction of sp³-hybridized carbons (Fsp3) is 0.562. The number of aliphatic hydroxyl groups excluding tert-OH is 1. The van der Waals surface area contributed by atoms with E-state index in [1.54, 1.807) is 4.90 Å². The van der Waals surface area contributed by atoms with Crippen LogP contribution in [-0.2, 0) is 0 Å². The molecule has 0 saturated carbocycles. The smallest absolute Gasteiger partial charge is 0.317 e. The van der Waals surface area contributed by atoms with Gasteiger partial charge in [0, 0.05) is 42.9 Å². The van der Waals surface area contributed by atoms with E-state index in [-0.39, 0.29) is 18.7 Å². The summed E-state index contributed by atoms with van der Waals surface area (Å²) in [4.78, 5) is 16.2. The van der Waals surface area contributed by atoms with Gasteiger partial charge < -0.3 is 20.2 Å². The predicted octanol–water partition coefficient (Wildman–Crippen LogP) is 2.33. The van der Waals surface area contributed by atoms with Crippen LogP contribution in [-0.4, -0.2) is 54.9 Å². The van der Waals surface area contributed by atoms with Gasteiger partial charge in [-0.25, -0.2) is 4.79 Å². The molecule has 0 aromatic heterocycles. The number of urea groups is 1. The highest BCUT2D eigenvalue weighted by molar-refractivity contribution is 6.30. The summed E-state index contributed by atoms with van der Waals surface area (Å²) in [5, 5.41) is 12.8. The van der Waals surface area contributed by atoms with E-state index in [4.69, 9.17) is 16.7 Å². The summed E-state index contributed by atoms with van der Waals surface area (Å²) in [6.07, 6.45) is 1.81. The van der Waals surface area contributed by atoms with Gasteiger partial charge in [-0.05, 0) is 37.1 Å². The van der Waals surface area contributed by atoms with Crippen molar-refractivity contribution in [1.29, 1.82) is 0 Å². The minimum Gasteiger partial charge on any atom is -0.395 e. The Morgan fingerprint density at radius 3 is 2.77 bits per heavy atom. The second kappa shape index (κ2) is 8.25. The molecule has 22 heavy (non-hydrogen) atoms. The van der Waals surface area contributed by atoms with Crippen LogP contribution in [0.1, 0.15) is 19.8 Å². The molecule has 1 heterocycles. The van der Waals surface area contributed by atoms with Crippen LogP contribution in [0.3, 0.4) is 0 Å². The minimum absolute atomic E-state index is 0.00497. The van der Waals surface area contributed by atoms with Gasteiger partial charge in [0.25, 0.3) is 0 Å². The molecule has 0 spiro atoms. The van der Waals surface area contributed by atoms with Crippen LogP contribution >= 0.6 is 11.6 Å². The molecule has 0 aliphatic carbocycles. The van der Waals surface area contributed by atoms with Gasteiger partial charge in [-0.2, -0.15) is 0 Å². The maximum absolute atomic E-state index is 12.2. The van der Waals surface area contributed by atoms with Crippen molar-refractivity contribution in [2.75, 3.05) is 37.7 Å². The van der Waals surface area contributed by atoms with Gasteiger partial charge in [0.1, 0.15) is 0 Å². The van der Waals surface area contributed by atoms with Crippen LogP contribution in [0.5, 0.6) is 0 Å². The van der Waals surface area contributed by atoms with Crippen LogP contribution in [0, 0.1) is 0 Å². The van der Waals surface area contributed by atoms with Gasteiger partial charge >= 0.3 is 6.03 Å². The van der Waals surface area contributed by atoms with E-state index in [0.29, 0.717) is 13.1 Å². The standard InChI is InChI=1S/C16H24ClN3O2/c1-2-8-19(10-11-21)16(22)18-14-7-9-20(12-14)15-5-3-13(17)4-6-15/h3-6,14,21H,2,7-12H2,1H3,(H,18,22). The zero-order valence-electron chi connectivity index (χ0n) is 13.0. The molecule has 1 saturated heterocycles. The predicted molar refractivity (Wildman–Crippen MR) is 89.6 cm³/mol. The first-order valence-electron chi connectivity index (χ1n) is 7.81. The molecule has 1 unspecified atom stereocenters. The third-order valence-corrected chi connectivity index (χ3v) is 4.11. The number of nitrogens with zero attached hydrogens (tertiary/aromatic N) is 2. The number of hydrogen-bond donors (Lipinski definition) is 2. The largest absolute Gasteiger partial charge is 0.395 e. The minimum atomic E-state index is -0.0844. The van der Waals surface area contributed by atoms with Gasteiger partial charge in [-0.3, -0.25) is 0 Å². The summed E-state index contributed by atoms with van der Waals surface area (Å²) in [6.45, 7) is 4.78. The van der Waals surface area contributed by atoms with Crippen molar-refractivity contribution in [3.8, 4) is 0 Å². The Labute approximate surface area is 136 Å². The molecule has 1 aromatic rings. The van der Waals surface area contributed by atoms with Gasteiger partial charge in [-0.1, -0.05) is 18.5 Å². The summed E-state index contributed by atoms with van der Waals surface area (Å²) in [6, 6.07) is 7.82. The zero-order valence-corrected chi connectivity index (χ0v) is 13.7. The molecule has 2 rings (SSSR count). The number of anilines is 1. The number of aliphatic hydroxyl groups is 1. The highest BCUT2D eigenvalue weighted by Gasteiger charge is 2.25. The summed E-state index contributed by atoms with van der Waals surface area (Å²) in [7, 11) is 0. The van der Waals surface area contributed by atoms with Crippen LogP contribution < -0.4 is 10.2 Å². The van der Waals surface area contributed by atoms with Crippen molar-refractivity contribution in [3.05, 3.63) is 29.3 Å². The molecular formula is C16H24ClN3O2. The molecule has 1 aliphatic heterocycles. The van der Waals surface area contributed by atoms with E-state index in [1.807, 2.05) is 31.2 Å². The van der Waals surface area contributed by atoms with E-state index >= 15 is 0 Å². The lowest BCUT2D eigenvalue weighted by Crippen LogP contribution is -2.47. The number of hydrogen-bond acceptors (Lipinski definition) is 3. The average molecular weight is 326 g/mol.